The molecule has 1 fully saturated rings. The lowest BCUT2D eigenvalue weighted by Gasteiger charge is -2.38. The number of amides is 1. The number of carbonyl (C=O) groups excluding carboxylic acids is 1. The van der Waals surface area contributed by atoms with Crippen molar-refractivity contribution in [2.45, 2.75) is 64.3 Å². The highest BCUT2D eigenvalue weighted by atomic mass is 32.2. The monoisotopic (exact) mass is 442 g/mol. The van der Waals surface area contributed by atoms with Gasteiger partial charge in [0.2, 0.25) is 15.9 Å². The summed E-state index contributed by atoms with van der Waals surface area (Å²) in [5.41, 5.74) is 2.50. The van der Waals surface area contributed by atoms with Gasteiger partial charge in [-0.2, -0.15) is 4.31 Å². The average molecular weight is 443 g/mol. The van der Waals surface area contributed by atoms with E-state index in [1.54, 1.807) is 12.1 Å². The predicted octanol–water partition coefficient (Wildman–Crippen LogP) is 4.40. The van der Waals surface area contributed by atoms with Crippen LogP contribution in [-0.2, 0) is 26.8 Å². The molecule has 31 heavy (non-hydrogen) atoms. The van der Waals surface area contributed by atoms with Gasteiger partial charge in [-0.3, -0.25) is 4.79 Å². The third-order valence-corrected chi connectivity index (χ3v) is 8.00. The Balaban J connectivity index is 1.71. The van der Waals surface area contributed by atoms with Crippen molar-refractivity contribution in [3.05, 3.63) is 65.2 Å². The second kappa shape index (κ2) is 8.75. The van der Waals surface area contributed by atoms with E-state index in [1.807, 2.05) is 50.2 Å². The lowest BCUT2D eigenvalue weighted by atomic mass is 9.82. The molecule has 2 aromatic carbocycles. The van der Waals surface area contributed by atoms with Crippen LogP contribution >= 0.6 is 0 Å². The fourth-order valence-corrected chi connectivity index (χ4v) is 5.56. The van der Waals surface area contributed by atoms with Crippen LogP contribution in [0, 0.1) is 12.3 Å². The van der Waals surface area contributed by atoms with Crippen molar-refractivity contribution in [1.29, 1.82) is 0 Å². The number of benzene rings is 2. The topological polar surface area (TPSA) is 66.5 Å². The molecule has 0 radical (unpaired) electrons. The minimum absolute atomic E-state index is 0.0402. The summed E-state index contributed by atoms with van der Waals surface area (Å²) in [5, 5.41) is 3.00. The molecule has 0 unspecified atom stereocenters. The largest absolute Gasteiger partial charge is 0.352 e. The molecule has 1 aliphatic rings. The predicted molar refractivity (Wildman–Crippen MR) is 124 cm³/mol. The van der Waals surface area contributed by atoms with Crippen molar-refractivity contribution >= 4 is 15.9 Å². The third kappa shape index (κ3) is 5.36. The summed E-state index contributed by atoms with van der Waals surface area (Å²) >= 11 is 0. The summed E-state index contributed by atoms with van der Waals surface area (Å²) in [6.07, 6.45) is 1.33. The van der Waals surface area contributed by atoms with Crippen LogP contribution in [0.5, 0.6) is 0 Å². The van der Waals surface area contributed by atoms with Crippen LogP contribution in [-0.4, -0.2) is 31.7 Å². The highest BCUT2D eigenvalue weighted by molar-refractivity contribution is 7.89. The van der Waals surface area contributed by atoms with E-state index in [9.17, 15) is 13.2 Å². The molecule has 1 amide bonds. The average Bonchev–Trinajstić information content (AvgIpc) is 2.72. The number of nitrogens with one attached hydrogen (secondary N) is 1. The molecular weight excluding hydrogens is 408 g/mol. The van der Waals surface area contributed by atoms with Gasteiger partial charge < -0.3 is 5.32 Å². The van der Waals surface area contributed by atoms with Gasteiger partial charge in [0.05, 0.1) is 10.3 Å². The Hall–Kier alpha value is -2.18. The van der Waals surface area contributed by atoms with Crippen LogP contribution < -0.4 is 5.32 Å². The van der Waals surface area contributed by atoms with Crippen LogP contribution in [0.25, 0.3) is 0 Å². The number of sulfonamides is 1. The molecule has 0 aromatic heterocycles. The molecule has 1 saturated heterocycles. The van der Waals surface area contributed by atoms with E-state index in [0.717, 1.165) is 11.1 Å². The summed E-state index contributed by atoms with van der Waals surface area (Å²) in [5.74, 6) is -0.101. The van der Waals surface area contributed by atoms with E-state index in [2.05, 4.69) is 26.1 Å². The Morgan fingerprint density at radius 2 is 1.68 bits per heavy atom. The van der Waals surface area contributed by atoms with E-state index >= 15 is 0 Å². The molecule has 5 nitrogen and oxygen atoms in total. The second-order valence-electron chi connectivity index (χ2n) is 9.95. The normalized spacial score (nSPS) is 20.4. The second-order valence-corrected chi connectivity index (χ2v) is 11.9. The van der Waals surface area contributed by atoms with Crippen molar-refractivity contribution in [2.24, 2.45) is 5.41 Å². The molecule has 0 aliphatic carbocycles. The van der Waals surface area contributed by atoms with Gasteiger partial charge in [-0.25, -0.2) is 8.42 Å². The zero-order valence-electron chi connectivity index (χ0n) is 19.2. The molecule has 0 spiro atoms. The molecule has 0 bridgehead atoms. The molecule has 1 atom stereocenters. The first-order valence-corrected chi connectivity index (χ1v) is 12.3. The fraction of sp³-hybridized carbons (Fsp3) is 0.480. The minimum Gasteiger partial charge on any atom is -0.352 e. The van der Waals surface area contributed by atoms with Crippen molar-refractivity contribution < 1.29 is 13.2 Å². The minimum atomic E-state index is -3.65. The number of piperidine rings is 1. The summed E-state index contributed by atoms with van der Waals surface area (Å²) in [6, 6.07) is 15.1. The van der Waals surface area contributed by atoms with E-state index in [0.29, 0.717) is 25.9 Å². The van der Waals surface area contributed by atoms with Gasteiger partial charge in [0, 0.05) is 19.6 Å². The molecule has 1 N–H and O–H groups in total. The Labute approximate surface area is 186 Å². The van der Waals surface area contributed by atoms with Crippen LogP contribution in [0.4, 0.5) is 0 Å². The Kier molecular flexibility index (Phi) is 6.63. The van der Waals surface area contributed by atoms with Gasteiger partial charge in [0.15, 0.2) is 0 Å². The number of hydrogen-bond donors (Lipinski definition) is 1. The number of nitrogens with zero attached hydrogens (tertiary/aromatic N) is 1. The van der Waals surface area contributed by atoms with E-state index in [-0.39, 0.29) is 22.8 Å². The first kappa shape index (κ1) is 23.5. The van der Waals surface area contributed by atoms with Crippen molar-refractivity contribution in [1.82, 2.24) is 9.62 Å². The number of carbonyl (C=O) groups is 1. The van der Waals surface area contributed by atoms with Gasteiger partial charge in [-0.05, 0) is 55.4 Å². The Morgan fingerprint density at radius 1 is 1.06 bits per heavy atom. The van der Waals surface area contributed by atoms with Crippen molar-refractivity contribution in [3.63, 3.8) is 0 Å². The lowest BCUT2D eigenvalue weighted by molar-refractivity contribution is -0.132. The molecule has 168 valence electrons. The molecular formula is C25H34N2O3S. The van der Waals surface area contributed by atoms with Gasteiger partial charge in [-0.15, -0.1) is 0 Å². The molecule has 1 heterocycles. The maximum atomic E-state index is 13.3. The van der Waals surface area contributed by atoms with Crippen molar-refractivity contribution in [2.75, 3.05) is 13.1 Å². The maximum absolute atomic E-state index is 13.3. The van der Waals surface area contributed by atoms with Crippen LogP contribution in [0.3, 0.4) is 0 Å². The van der Waals surface area contributed by atoms with Crippen LogP contribution in [0.15, 0.2) is 53.4 Å². The summed E-state index contributed by atoms with van der Waals surface area (Å²) in [7, 11) is -3.65. The lowest BCUT2D eigenvalue weighted by Crippen LogP contribution is -2.51. The zero-order valence-corrected chi connectivity index (χ0v) is 20.1. The fourth-order valence-electron chi connectivity index (χ4n) is 3.96. The van der Waals surface area contributed by atoms with Crippen LogP contribution in [0.1, 0.15) is 57.2 Å². The molecule has 6 heteroatoms. The van der Waals surface area contributed by atoms with Crippen molar-refractivity contribution in [3.8, 4) is 0 Å². The van der Waals surface area contributed by atoms with E-state index in [4.69, 9.17) is 0 Å². The standard InChI is InChI=1S/C25H34N2O3S/c1-19-7-9-20(10-8-19)17-26-23(28)25(5)15-6-16-27(18-25)31(29,30)22-13-11-21(12-14-22)24(2,3)4/h7-14H,6,15-18H2,1-5H3,(H,26,28)/t25-/m1/s1. The SMILES string of the molecule is Cc1ccc(CNC(=O)[C@]2(C)CCCN(S(=O)(=O)c3ccc(C(C)(C)C)cc3)C2)cc1. The summed E-state index contributed by atoms with van der Waals surface area (Å²) in [4.78, 5) is 13.3. The van der Waals surface area contributed by atoms with Gasteiger partial charge in [0.25, 0.3) is 0 Å². The molecule has 3 rings (SSSR count). The summed E-state index contributed by atoms with van der Waals surface area (Å²) in [6.45, 7) is 11.3. The van der Waals surface area contributed by atoms with Crippen LogP contribution in [0.2, 0.25) is 0 Å². The number of aryl methyl sites for hydroxylation is 1. The third-order valence-electron chi connectivity index (χ3n) is 6.14. The zero-order chi connectivity index (χ0) is 22.9. The first-order valence-electron chi connectivity index (χ1n) is 10.9. The Morgan fingerprint density at radius 3 is 2.26 bits per heavy atom. The molecule has 2 aromatic rings. The number of hydrogen-bond acceptors (Lipinski definition) is 3. The molecule has 1 aliphatic heterocycles. The van der Waals surface area contributed by atoms with Gasteiger partial charge in [-0.1, -0.05) is 62.7 Å². The van der Waals surface area contributed by atoms with Gasteiger partial charge in [0.1, 0.15) is 0 Å². The smallest absolute Gasteiger partial charge is 0.243 e. The first-order chi connectivity index (χ1) is 14.4. The highest BCUT2D eigenvalue weighted by Gasteiger charge is 2.41. The Bertz CT molecular complexity index is 1020. The quantitative estimate of drug-likeness (QED) is 0.746. The summed E-state index contributed by atoms with van der Waals surface area (Å²) < 4.78 is 28.0. The van der Waals surface area contributed by atoms with E-state index < -0.39 is 15.4 Å². The van der Waals surface area contributed by atoms with E-state index in [1.165, 1.54) is 9.87 Å². The number of rotatable bonds is 5. The molecule has 0 saturated carbocycles. The highest BCUT2D eigenvalue weighted by Crippen LogP contribution is 2.33. The van der Waals surface area contributed by atoms with Gasteiger partial charge >= 0.3 is 0 Å². The maximum Gasteiger partial charge on any atom is 0.243 e.